The Balaban J connectivity index is 2.82. The van der Waals surface area contributed by atoms with Gasteiger partial charge in [0.15, 0.2) is 0 Å². The van der Waals surface area contributed by atoms with Gasteiger partial charge in [-0.1, -0.05) is 37.0 Å². The average molecular weight is 361 g/mol. The van der Waals surface area contributed by atoms with Crippen LogP contribution >= 0.6 is 23.2 Å². The molecule has 2 N–H and O–H groups in total. The van der Waals surface area contributed by atoms with Gasteiger partial charge < -0.3 is 15.4 Å². The van der Waals surface area contributed by atoms with Gasteiger partial charge in [0.05, 0.1) is 17.2 Å². The lowest BCUT2D eigenvalue weighted by atomic mass is 10.0. The lowest BCUT2D eigenvalue weighted by Crippen LogP contribution is -2.52. The summed E-state index contributed by atoms with van der Waals surface area (Å²) < 4.78 is 4.99. The van der Waals surface area contributed by atoms with Gasteiger partial charge >= 0.3 is 0 Å². The second-order valence-electron chi connectivity index (χ2n) is 5.68. The summed E-state index contributed by atoms with van der Waals surface area (Å²) in [6.45, 7) is 5.94. The molecule has 2 unspecified atom stereocenters. The normalized spacial score (nSPS) is 13.5. The number of halogens is 2. The molecule has 128 valence electrons. The van der Waals surface area contributed by atoms with Crippen molar-refractivity contribution in [3.63, 3.8) is 0 Å². The minimum Gasteiger partial charge on any atom is -0.383 e. The quantitative estimate of drug-likeness (QED) is 0.785. The number of methoxy groups -OCH3 is 1. The minimum atomic E-state index is -0.673. The summed E-state index contributed by atoms with van der Waals surface area (Å²) in [5.74, 6) is -0.761. The molecule has 0 radical (unpaired) electrons. The number of ether oxygens (including phenoxy) is 1. The molecule has 0 fully saturated rings. The van der Waals surface area contributed by atoms with Gasteiger partial charge in [-0.3, -0.25) is 9.59 Å². The maximum Gasteiger partial charge on any atom is 0.253 e. The fraction of sp³-hybridized carbons (Fsp3) is 0.500. The van der Waals surface area contributed by atoms with Crippen molar-refractivity contribution in [1.82, 2.24) is 10.6 Å². The van der Waals surface area contributed by atoms with Crippen molar-refractivity contribution in [3.8, 4) is 0 Å². The first-order chi connectivity index (χ1) is 10.8. The van der Waals surface area contributed by atoms with E-state index in [1.807, 2.05) is 20.8 Å². The molecule has 1 aromatic carbocycles. The molecule has 2 amide bonds. The molecule has 1 aromatic rings. The van der Waals surface area contributed by atoms with Crippen molar-refractivity contribution >= 4 is 35.0 Å². The summed E-state index contributed by atoms with van der Waals surface area (Å²) in [5, 5.41) is 6.22. The highest BCUT2D eigenvalue weighted by Gasteiger charge is 2.26. The fourth-order valence-electron chi connectivity index (χ4n) is 2.05. The van der Waals surface area contributed by atoms with E-state index >= 15 is 0 Å². The van der Waals surface area contributed by atoms with E-state index in [2.05, 4.69) is 10.6 Å². The third-order valence-electron chi connectivity index (χ3n) is 3.22. The highest BCUT2D eigenvalue weighted by Crippen LogP contribution is 2.21. The van der Waals surface area contributed by atoms with Crippen molar-refractivity contribution in [2.24, 2.45) is 5.92 Å². The number of carbonyl (C=O) groups is 2. The van der Waals surface area contributed by atoms with E-state index in [0.717, 1.165) is 0 Å². The van der Waals surface area contributed by atoms with E-state index in [4.69, 9.17) is 27.9 Å². The van der Waals surface area contributed by atoms with E-state index in [1.165, 1.54) is 12.1 Å². The van der Waals surface area contributed by atoms with Crippen LogP contribution in [0.3, 0.4) is 0 Å². The zero-order valence-electron chi connectivity index (χ0n) is 13.7. The van der Waals surface area contributed by atoms with Gasteiger partial charge in [-0.25, -0.2) is 0 Å². The van der Waals surface area contributed by atoms with Crippen LogP contribution in [0.4, 0.5) is 0 Å². The molecule has 0 saturated carbocycles. The number of carbonyl (C=O) groups excluding carboxylic acids is 2. The third kappa shape index (κ3) is 6.01. The fourth-order valence-corrected chi connectivity index (χ4v) is 2.55. The summed E-state index contributed by atoms with van der Waals surface area (Å²) >= 11 is 11.9. The summed E-state index contributed by atoms with van der Waals surface area (Å²) in [6.07, 6.45) is 0. The lowest BCUT2D eigenvalue weighted by molar-refractivity contribution is -0.124. The van der Waals surface area contributed by atoms with Crippen LogP contribution in [0.15, 0.2) is 18.2 Å². The molecule has 0 bridgehead atoms. The van der Waals surface area contributed by atoms with E-state index in [0.29, 0.717) is 11.6 Å². The number of benzene rings is 1. The summed E-state index contributed by atoms with van der Waals surface area (Å²) in [5.41, 5.74) is 0.277. The SMILES string of the molecule is COCC(C)NC(=O)C(NC(=O)c1ccc(Cl)cc1Cl)C(C)C. The molecule has 0 aliphatic rings. The molecule has 0 saturated heterocycles. The number of amides is 2. The highest BCUT2D eigenvalue weighted by molar-refractivity contribution is 6.36. The molecule has 0 aliphatic carbocycles. The molecule has 1 rings (SSSR count). The van der Waals surface area contributed by atoms with Crippen LogP contribution in [-0.2, 0) is 9.53 Å². The monoisotopic (exact) mass is 360 g/mol. The molecule has 5 nitrogen and oxygen atoms in total. The molecule has 0 spiro atoms. The lowest BCUT2D eigenvalue weighted by Gasteiger charge is -2.24. The van der Waals surface area contributed by atoms with Gasteiger partial charge in [-0.05, 0) is 31.0 Å². The first-order valence-electron chi connectivity index (χ1n) is 7.31. The van der Waals surface area contributed by atoms with Gasteiger partial charge in [0.25, 0.3) is 5.91 Å². The Bertz CT molecular complexity index is 564. The molecule has 0 aliphatic heterocycles. The largest absolute Gasteiger partial charge is 0.383 e. The van der Waals surface area contributed by atoms with Crippen LogP contribution in [0, 0.1) is 5.92 Å². The van der Waals surface area contributed by atoms with Crippen LogP contribution in [0.2, 0.25) is 10.0 Å². The van der Waals surface area contributed by atoms with Gasteiger partial charge in [-0.15, -0.1) is 0 Å². The molecule has 0 aromatic heterocycles. The third-order valence-corrected chi connectivity index (χ3v) is 3.76. The van der Waals surface area contributed by atoms with E-state index < -0.39 is 11.9 Å². The predicted molar refractivity (Wildman–Crippen MR) is 92.0 cm³/mol. The topological polar surface area (TPSA) is 67.4 Å². The second-order valence-corrected chi connectivity index (χ2v) is 6.53. The molecular formula is C16H22Cl2N2O3. The van der Waals surface area contributed by atoms with Crippen molar-refractivity contribution < 1.29 is 14.3 Å². The zero-order chi connectivity index (χ0) is 17.6. The summed E-state index contributed by atoms with van der Waals surface area (Å²) in [7, 11) is 1.56. The van der Waals surface area contributed by atoms with Crippen molar-refractivity contribution in [2.45, 2.75) is 32.9 Å². The van der Waals surface area contributed by atoms with Gasteiger partial charge in [0, 0.05) is 18.2 Å². The number of nitrogens with one attached hydrogen (secondary N) is 2. The Morgan fingerprint density at radius 1 is 1.17 bits per heavy atom. The average Bonchev–Trinajstić information content (AvgIpc) is 2.44. The van der Waals surface area contributed by atoms with Crippen LogP contribution in [-0.4, -0.2) is 37.6 Å². The van der Waals surface area contributed by atoms with Gasteiger partial charge in [-0.2, -0.15) is 0 Å². The van der Waals surface area contributed by atoms with Crippen molar-refractivity contribution in [2.75, 3.05) is 13.7 Å². The first-order valence-corrected chi connectivity index (χ1v) is 8.07. The Hall–Kier alpha value is -1.30. The standard InChI is InChI=1S/C16H22Cl2N2O3/c1-9(2)14(16(22)19-10(3)8-23-4)20-15(21)12-6-5-11(17)7-13(12)18/h5-7,9-10,14H,8H2,1-4H3,(H,19,22)(H,20,21). The van der Waals surface area contributed by atoms with Crippen LogP contribution in [0.25, 0.3) is 0 Å². The molecule has 7 heteroatoms. The molecule has 0 heterocycles. The summed E-state index contributed by atoms with van der Waals surface area (Å²) in [6, 6.07) is 3.78. The Kier molecular flexibility index (Phi) is 7.82. The zero-order valence-corrected chi connectivity index (χ0v) is 15.2. The number of hydrogen-bond donors (Lipinski definition) is 2. The number of rotatable bonds is 7. The highest BCUT2D eigenvalue weighted by atomic mass is 35.5. The molecule has 23 heavy (non-hydrogen) atoms. The molecular weight excluding hydrogens is 339 g/mol. The Morgan fingerprint density at radius 3 is 2.35 bits per heavy atom. The van der Waals surface area contributed by atoms with E-state index in [1.54, 1.807) is 13.2 Å². The van der Waals surface area contributed by atoms with Gasteiger partial charge in [0.1, 0.15) is 6.04 Å². The predicted octanol–water partition coefficient (Wildman–Crippen LogP) is 2.90. The van der Waals surface area contributed by atoms with Crippen LogP contribution in [0.1, 0.15) is 31.1 Å². The maximum absolute atomic E-state index is 12.4. The first kappa shape index (κ1) is 19.7. The summed E-state index contributed by atoms with van der Waals surface area (Å²) in [4.78, 5) is 24.7. The molecule has 2 atom stereocenters. The van der Waals surface area contributed by atoms with Gasteiger partial charge in [0.2, 0.25) is 5.91 Å². The van der Waals surface area contributed by atoms with Crippen molar-refractivity contribution in [3.05, 3.63) is 33.8 Å². The smallest absolute Gasteiger partial charge is 0.253 e. The van der Waals surface area contributed by atoms with Crippen LogP contribution < -0.4 is 10.6 Å². The van der Waals surface area contributed by atoms with E-state index in [-0.39, 0.29) is 28.5 Å². The maximum atomic E-state index is 12.4. The van der Waals surface area contributed by atoms with E-state index in [9.17, 15) is 9.59 Å². The Labute approximate surface area is 146 Å². The number of hydrogen-bond acceptors (Lipinski definition) is 3. The Morgan fingerprint density at radius 2 is 1.83 bits per heavy atom. The second kappa shape index (κ2) is 9.11. The van der Waals surface area contributed by atoms with Crippen LogP contribution in [0.5, 0.6) is 0 Å². The minimum absolute atomic E-state index is 0.0835. The van der Waals surface area contributed by atoms with Crippen molar-refractivity contribution in [1.29, 1.82) is 0 Å².